The smallest absolute Gasteiger partial charge is 0.235 e. The Labute approximate surface area is 188 Å². The average molecular weight is 460 g/mol. The molecule has 0 saturated heterocycles. The maximum absolute atomic E-state index is 13.4. The standard InChI is InChI=1S/C24H17Cl3O3/c1-13-10-17-21(11-14(13)2)30-23(15-6-8-16(25)9-7-15)24(22(17)28)29-12-18-19(26)4-3-5-20(18)27/h3-11H,12H2,1-2H3. The van der Waals surface area contributed by atoms with Gasteiger partial charge in [0.25, 0.3) is 0 Å². The minimum Gasteiger partial charge on any atom is -0.481 e. The van der Waals surface area contributed by atoms with Crippen LogP contribution in [0.5, 0.6) is 5.75 Å². The molecule has 6 heteroatoms. The van der Waals surface area contributed by atoms with Crippen LogP contribution in [0.1, 0.15) is 16.7 Å². The van der Waals surface area contributed by atoms with Gasteiger partial charge in [-0.15, -0.1) is 0 Å². The molecule has 3 aromatic carbocycles. The fourth-order valence-electron chi connectivity index (χ4n) is 3.17. The van der Waals surface area contributed by atoms with Crippen molar-refractivity contribution in [2.75, 3.05) is 0 Å². The van der Waals surface area contributed by atoms with E-state index >= 15 is 0 Å². The normalized spacial score (nSPS) is 11.1. The van der Waals surface area contributed by atoms with Gasteiger partial charge in [-0.25, -0.2) is 0 Å². The second kappa shape index (κ2) is 8.35. The summed E-state index contributed by atoms with van der Waals surface area (Å²) in [5.74, 6) is 0.430. The quantitative estimate of drug-likeness (QED) is 0.315. The topological polar surface area (TPSA) is 39.4 Å². The molecule has 0 atom stereocenters. The summed E-state index contributed by atoms with van der Waals surface area (Å²) in [6.45, 7) is 3.95. The molecule has 0 saturated carbocycles. The van der Waals surface area contributed by atoms with Crippen LogP contribution in [0.2, 0.25) is 15.1 Å². The zero-order valence-electron chi connectivity index (χ0n) is 16.3. The molecular weight excluding hydrogens is 443 g/mol. The maximum Gasteiger partial charge on any atom is 0.235 e. The molecule has 0 aliphatic carbocycles. The summed E-state index contributed by atoms with van der Waals surface area (Å²) in [5, 5.41) is 1.97. The Morgan fingerprint density at radius 2 is 1.53 bits per heavy atom. The van der Waals surface area contributed by atoms with E-state index < -0.39 is 0 Å². The molecule has 0 aliphatic rings. The van der Waals surface area contributed by atoms with Gasteiger partial charge in [0, 0.05) is 26.2 Å². The molecule has 0 N–H and O–H groups in total. The highest BCUT2D eigenvalue weighted by Crippen LogP contribution is 2.34. The summed E-state index contributed by atoms with van der Waals surface area (Å²) < 4.78 is 12.1. The van der Waals surface area contributed by atoms with Crippen LogP contribution in [0.4, 0.5) is 0 Å². The molecule has 152 valence electrons. The summed E-state index contributed by atoms with van der Waals surface area (Å²) in [6.07, 6.45) is 0. The van der Waals surface area contributed by atoms with Gasteiger partial charge in [-0.3, -0.25) is 4.79 Å². The first-order valence-corrected chi connectivity index (χ1v) is 10.4. The first kappa shape index (κ1) is 20.8. The highest BCUT2D eigenvalue weighted by atomic mass is 35.5. The minimum atomic E-state index is -0.257. The number of rotatable bonds is 4. The summed E-state index contributed by atoms with van der Waals surface area (Å²) in [6, 6.07) is 15.9. The largest absolute Gasteiger partial charge is 0.481 e. The maximum atomic E-state index is 13.4. The Balaban J connectivity index is 1.90. The average Bonchev–Trinajstić information content (AvgIpc) is 2.71. The molecule has 0 fully saturated rings. The van der Waals surface area contributed by atoms with Gasteiger partial charge in [0.1, 0.15) is 12.2 Å². The van der Waals surface area contributed by atoms with E-state index in [0.29, 0.717) is 42.9 Å². The first-order valence-electron chi connectivity index (χ1n) is 9.25. The van der Waals surface area contributed by atoms with E-state index in [1.807, 2.05) is 26.0 Å². The molecule has 0 bridgehead atoms. The van der Waals surface area contributed by atoms with Gasteiger partial charge in [0.05, 0.1) is 5.39 Å². The van der Waals surface area contributed by atoms with Crippen molar-refractivity contribution < 1.29 is 9.15 Å². The lowest BCUT2D eigenvalue weighted by Crippen LogP contribution is -2.11. The minimum absolute atomic E-state index is 0.0280. The number of hydrogen-bond donors (Lipinski definition) is 0. The Bertz CT molecular complexity index is 1290. The Morgan fingerprint density at radius 1 is 0.900 bits per heavy atom. The second-order valence-corrected chi connectivity index (χ2v) is 8.27. The number of benzene rings is 3. The van der Waals surface area contributed by atoms with E-state index in [0.717, 1.165) is 11.1 Å². The van der Waals surface area contributed by atoms with Crippen LogP contribution in [-0.2, 0) is 6.61 Å². The molecule has 3 nitrogen and oxygen atoms in total. The van der Waals surface area contributed by atoms with Gasteiger partial charge in [-0.1, -0.05) is 40.9 Å². The van der Waals surface area contributed by atoms with Crippen molar-refractivity contribution in [3.63, 3.8) is 0 Å². The molecular formula is C24H17Cl3O3. The molecule has 4 rings (SSSR count). The Kier molecular flexibility index (Phi) is 5.79. The number of halogens is 3. The predicted molar refractivity (Wildman–Crippen MR) is 123 cm³/mol. The zero-order valence-corrected chi connectivity index (χ0v) is 18.5. The first-order chi connectivity index (χ1) is 14.3. The van der Waals surface area contributed by atoms with E-state index in [4.69, 9.17) is 44.0 Å². The van der Waals surface area contributed by atoms with Crippen molar-refractivity contribution in [3.05, 3.63) is 96.6 Å². The summed E-state index contributed by atoms with van der Waals surface area (Å²) >= 11 is 18.6. The highest BCUT2D eigenvalue weighted by molar-refractivity contribution is 6.36. The third kappa shape index (κ3) is 3.93. The van der Waals surface area contributed by atoms with Gasteiger partial charge in [0.15, 0.2) is 5.76 Å². The van der Waals surface area contributed by atoms with Gasteiger partial charge < -0.3 is 9.15 Å². The SMILES string of the molecule is Cc1cc2oc(-c3ccc(Cl)cc3)c(OCc3c(Cl)cccc3Cl)c(=O)c2cc1C. The van der Waals surface area contributed by atoms with Crippen molar-refractivity contribution in [2.24, 2.45) is 0 Å². The van der Waals surface area contributed by atoms with E-state index in [9.17, 15) is 4.79 Å². The van der Waals surface area contributed by atoms with Crippen LogP contribution < -0.4 is 10.2 Å². The van der Waals surface area contributed by atoms with E-state index in [1.54, 1.807) is 42.5 Å². The molecule has 0 unspecified atom stereocenters. The van der Waals surface area contributed by atoms with Gasteiger partial charge in [-0.2, -0.15) is 0 Å². The molecule has 1 heterocycles. The second-order valence-electron chi connectivity index (χ2n) is 7.02. The highest BCUT2D eigenvalue weighted by Gasteiger charge is 2.19. The van der Waals surface area contributed by atoms with Crippen LogP contribution in [0.25, 0.3) is 22.3 Å². The molecule has 30 heavy (non-hydrogen) atoms. The molecule has 4 aromatic rings. The van der Waals surface area contributed by atoms with E-state index in [1.165, 1.54) is 0 Å². The molecule has 0 amide bonds. The predicted octanol–water partition coefficient (Wildman–Crippen LogP) is 7.62. The van der Waals surface area contributed by atoms with E-state index in [-0.39, 0.29) is 17.8 Å². The number of fused-ring (bicyclic) bond motifs is 1. The fraction of sp³-hybridized carbons (Fsp3) is 0.125. The molecule has 0 aliphatic heterocycles. The van der Waals surface area contributed by atoms with Crippen LogP contribution in [0, 0.1) is 13.8 Å². The summed E-state index contributed by atoms with van der Waals surface area (Å²) in [4.78, 5) is 13.4. The van der Waals surface area contributed by atoms with Crippen molar-refractivity contribution in [1.82, 2.24) is 0 Å². The zero-order chi connectivity index (χ0) is 21.4. The van der Waals surface area contributed by atoms with Gasteiger partial charge in [0.2, 0.25) is 11.2 Å². The Morgan fingerprint density at radius 3 is 2.20 bits per heavy atom. The summed E-state index contributed by atoms with van der Waals surface area (Å²) in [7, 11) is 0. The number of ether oxygens (including phenoxy) is 1. The van der Waals surface area contributed by atoms with Crippen LogP contribution >= 0.6 is 34.8 Å². The van der Waals surface area contributed by atoms with Gasteiger partial charge in [-0.05, 0) is 73.5 Å². The molecule has 1 aromatic heterocycles. The lowest BCUT2D eigenvalue weighted by Gasteiger charge is -2.14. The van der Waals surface area contributed by atoms with Crippen molar-refractivity contribution >= 4 is 45.8 Å². The fourth-order valence-corrected chi connectivity index (χ4v) is 3.80. The van der Waals surface area contributed by atoms with Crippen LogP contribution in [0.15, 0.2) is 63.8 Å². The summed E-state index contributed by atoms with van der Waals surface area (Å²) in [5.41, 5.74) is 3.54. The van der Waals surface area contributed by atoms with E-state index in [2.05, 4.69) is 0 Å². The van der Waals surface area contributed by atoms with Crippen molar-refractivity contribution in [2.45, 2.75) is 20.5 Å². The van der Waals surface area contributed by atoms with Crippen LogP contribution in [0.3, 0.4) is 0 Å². The lowest BCUT2D eigenvalue weighted by molar-refractivity contribution is 0.298. The monoisotopic (exact) mass is 458 g/mol. The number of aryl methyl sites for hydroxylation is 2. The Hall–Kier alpha value is -2.46. The lowest BCUT2D eigenvalue weighted by atomic mass is 10.0. The number of hydrogen-bond acceptors (Lipinski definition) is 3. The van der Waals surface area contributed by atoms with Crippen molar-refractivity contribution in [3.8, 4) is 17.1 Å². The van der Waals surface area contributed by atoms with Crippen LogP contribution in [-0.4, -0.2) is 0 Å². The third-order valence-electron chi connectivity index (χ3n) is 4.99. The molecule has 0 radical (unpaired) electrons. The van der Waals surface area contributed by atoms with Gasteiger partial charge >= 0.3 is 0 Å². The third-order valence-corrected chi connectivity index (χ3v) is 5.95. The molecule has 0 spiro atoms. The van der Waals surface area contributed by atoms with Crippen molar-refractivity contribution in [1.29, 1.82) is 0 Å².